The predicted molar refractivity (Wildman–Crippen MR) is 272 cm³/mol. The van der Waals surface area contributed by atoms with Crippen LogP contribution in [0.5, 0.6) is 0 Å². The van der Waals surface area contributed by atoms with Crippen LogP contribution in [0.3, 0.4) is 0 Å². The molecule has 4 heteroatoms. The lowest BCUT2D eigenvalue weighted by Gasteiger charge is -2.26. The van der Waals surface area contributed by atoms with E-state index in [2.05, 4.69) is 240 Å². The number of anilines is 3. The molecule has 0 aliphatic rings. The van der Waals surface area contributed by atoms with Gasteiger partial charge < -0.3 is 13.9 Å². The molecule has 0 fully saturated rings. The van der Waals surface area contributed by atoms with Crippen molar-refractivity contribution >= 4 is 92.3 Å². The van der Waals surface area contributed by atoms with Crippen LogP contribution in [-0.4, -0.2) is 4.57 Å². The highest BCUT2D eigenvalue weighted by molar-refractivity contribution is 7.26. The number of nitrogens with zero attached hydrogens (tertiary/aromatic N) is 2. The quantitative estimate of drug-likeness (QED) is 0.159. The molecule has 0 aliphatic carbocycles. The van der Waals surface area contributed by atoms with Crippen molar-refractivity contribution in [3.05, 3.63) is 231 Å². The summed E-state index contributed by atoms with van der Waals surface area (Å²) in [6.45, 7) is 0. The fraction of sp³-hybridized carbons (Fsp3) is 0. The van der Waals surface area contributed by atoms with Crippen LogP contribution >= 0.6 is 11.3 Å². The maximum atomic E-state index is 7.09. The van der Waals surface area contributed by atoms with Gasteiger partial charge in [-0.05, 0) is 76.3 Å². The molecule has 13 aromatic rings. The van der Waals surface area contributed by atoms with Crippen molar-refractivity contribution in [1.29, 1.82) is 0 Å². The number of rotatable bonds is 7. The summed E-state index contributed by atoms with van der Waals surface area (Å²) in [7, 11) is 0. The second kappa shape index (κ2) is 14.7. The Balaban J connectivity index is 1.02. The molecule has 0 radical (unpaired) electrons. The molecule has 3 nitrogen and oxygen atoms in total. The predicted octanol–water partition coefficient (Wildman–Crippen LogP) is 17.5. The number of aromatic nitrogens is 1. The number of fused-ring (bicyclic) bond motifs is 9. The first kappa shape index (κ1) is 36.5. The van der Waals surface area contributed by atoms with E-state index in [1.165, 1.54) is 58.7 Å². The number of hydrogen-bond acceptors (Lipinski definition) is 3. The maximum absolute atomic E-state index is 7.09. The molecular weight excluding hydrogens is 797 g/mol. The van der Waals surface area contributed by atoms with Crippen molar-refractivity contribution in [2.24, 2.45) is 0 Å². The first-order valence-corrected chi connectivity index (χ1v) is 22.6. The molecule has 3 aromatic heterocycles. The van der Waals surface area contributed by atoms with Crippen LogP contribution in [0.4, 0.5) is 17.1 Å². The lowest BCUT2D eigenvalue weighted by atomic mass is 10.00. The molecule has 0 spiro atoms. The number of para-hydroxylation sites is 4. The summed E-state index contributed by atoms with van der Waals surface area (Å²) in [5.41, 5.74) is 15.4. The highest BCUT2D eigenvalue weighted by Crippen LogP contribution is 2.47. The minimum Gasteiger partial charge on any atom is -0.453 e. The van der Waals surface area contributed by atoms with Crippen LogP contribution < -0.4 is 4.90 Å². The van der Waals surface area contributed by atoms with Crippen LogP contribution in [0.2, 0.25) is 0 Å². The van der Waals surface area contributed by atoms with Crippen molar-refractivity contribution in [2.45, 2.75) is 0 Å². The van der Waals surface area contributed by atoms with Crippen LogP contribution in [0.15, 0.2) is 235 Å². The smallest absolute Gasteiger partial charge is 0.159 e. The van der Waals surface area contributed by atoms with E-state index in [1.54, 1.807) is 0 Å². The molecule has 0 bridgehead atoms. The number of hydrogen-bond donors (Lipinski definition) is 0. The molecule has 0 unspecified atom stereocenters. The van der Waals surface area contributed by atoms with Gasteiger partial charge in [0.1, 0.15) is 5.58 Å². The second-order valence-electron chi connectivity index (χ2n) is 16.4. The first-order valence-electron chi connectivity index (χ1n) is 21.8. The van der Waals surface area contributed by atoms with Gasteiger partial charge in [0, 0.05) is 64.3 Å². The van der Waals surface area contributed by atoms with Gasteiger partial charge in [-0.1, -0.05) is 182 Å². The summed E-state index contributed by atoms with van der Waals surface area (Å²) in [5, 5.41) is 7.19. The van der Waals surface area contributed by atoms with Gasteiger partial charge in [0.05, 0.1) is 16.7 Å². The van der Waals surface area contributed by atoms with Crippen LogP contribution in [0, 0.1) is 0 Å². The Morgan fingerprint density at radius 1 is 0.344 bits per heavy atom. The lowest BCUT2D eigenvalue weighted by Crippen LogP contribution is -2.10. The molecule has 0 atom stereocenters. The molecule has 0 saturated carbocycles. The van der Waals surface area contributed by atoms with Gasteiger partial charge in [-0.25, -0.2) is 0 Å². The average molecular weight is 835 g/mol. The first-order chi connectivity index (χ1) is 31.8. The number of benzene rings is 10. The van der Waals surface area contributed by atoms with Gasteiger partial charge in [-0.3, -0.25) is 0 Å². The molecular formula is C60H38N2OS. The molecule has 0 amide bonds. The average Bonchev–Trinajstić information content (AvgIpc) is 4.05. The normalized spacial score (nSPS) is 11.8. The Hall–Kier alpha value is -8.18. The summed E-state index contributed by atoms with van der Waals surface area (Å²) in [6, 6.07) is 83.1. The van der Waals surface area contributed by atoms with Gasteiger partial charge in [0.15, 0.2) is 5.58 Å². The molecule has 0 saturated heterocycles. The molecule has 0 N–H and O–H groups in total. The van der Waals surface area contributed by atoms with E-state index in [4.69, 9.17) is 4.42 Å². The molecule has 3 heterocycles. The largest absolute Gasteiger partial charge is 0.453 e. The van der Waals surface area contributed by atoms with Crippen LogP contribution in [0.25, 0.3) is 103 Å². The van der Waals surface area contributed by atoms with E-state index in [9.17, 15) is 0 Å². The Bertz CT molecular complexity index is 3880. The zero-order chi connectivity index (χ0) is 42.1. The minimum absolute atomic E-state index is 0.845. The Morgan fingerprint density at radius 2 is 0.844 bits per heavy atom. The fourth-order valence-corrected chi connectivity index (χ4v) is 11.3. The van der Waals surface area contributed by atoms with Crippen LogP contribution in [0.1, 0.15) is 0 Å². The standard InChI is InChI=1S/C60H38N2OS/c1-4-16-39(17-5-1)45-23-12-26-50-51-27-15-31-55(58(51)63-57(45)50)61(44-36-37-49-48-22-10-11-30-54(48)62(56(49)38-44)42-20-8-3-9-21-42)43-34-32-41(33-35-43)47-25-14-29-53-52-28-13-24-46(59(52)64-60(47)53)40-18-6-2-7-19-40/h1-38H. The van der Waals surface area contributed by atoms with Gasteiger partial charge in [0.25, 0.3) is 0 Å². The van der Waals surface area contributed by atoms with Crippen molar-refractivity contribution in [3.63, 3.8) is 0 Å². The van der Waals surface area contributed by atoms with Gasteiger partial charge in [-0.2, -0.15) is 0 Å². The van der Waals surface area contributed by atoms with E-state index < -0.39 is 0 Å². The zero-order valence-electron chi connectivity index (χ0n) is 34.7. The molecule has 0 aliphatic heterocycles. The third-order valence-corrected chi connectivity index (χ3v) is 14.1. The number of furan rings is 1. The topological polar surface area (TPSA) is 21.3 Å². The van der Waals surface area contributed by atoms with E-state index in [0.717, 1.165) is 61.3 Å². The van der Waals surface area contributed by atoms with E-state index >= 15 is 0 Å². The summed E-state index contributed by atoms with van der Waals surface area (Å²) in [4.78, 5) is 2.37. The monoisotopic (exact) mass is 834 g/mol. The highest BCUT2D eigenvalue weighted by Gasteiger charge is 2.23. The second-order valence-corrected chi connectivity index (χ2v) is 17.4. The van der Waals surface area contributed by atoms with Crippen molar-refractivity contribution in [2.75, 3.05) is 4.90 Å². The Labute approximate surface area is 373 Å². The summed E-state index contributed by atoms with van der Waals surface area (Å²) in [6.07, 6.45) is 0. The van der Waals surface area contributed by atoms with Gasteiger partial charge in [-0.15, -0.1) is 11.3 Å². The van der Waals surface area contributed by atoms with E-state index in [1.807, 2.05) is 11.3 Å². The summed E-state index contributed by atoms with van der Waals surface area (Å²) in [5.74, 6) is 0. The summed E-state index contributed by atoms with van der Waals surface area (Å²) >= 11 is 1.89. The summed E-state index contributed by atoms with van der Waals surface area (Å²) < 4.78 is 12.1. The molecule has 300 valence electrons. The third kappa shape index (κ3) is 5.73. The van der Waals surface area contributed by atoms with Crippen molar-refractivity contribution in [1.82, 2.24) is 4.57 Å². The zero-order valence-corrected chi connectivity index (χ0v) is 35.5. The van der Waals surface area contributed by atoms with Gasteiger partial charge >= 0.3 is 0 Å². The SMILES string of the molecule is c1ccc(-c2cccc3c2oc2c(N(c4ccc(-c5cccc6c5sc5c(-c7ccccc7)cccc56)cc4)c4ccc5c6ccccc6n(-c6ccccc6)c5c4)cccc23)cc1. The maximum Gasteiger partial charge on any atom is 0.159 e. The minimum atomic E-state index is 0.845. The lowest BCUT2D eigenvalue weighted by molar-refractivity contribution is 0.670. The Morgan fingerprint density at radius 3 is 1.53 bits per heavy atom. The van der Waals surface area contributed by atoms with Gasteiger partial charge in [0.2, 0.25) is 0 Å². The van der Waals surface area contributed by atoms with Crippen LogP contribution in [-0.2, 0) is 0 Å². The van der Waals surface area contributed by atoms with E-state index in [-0.39, 0.29) is 0 Å². The van der Waals surface area contributed by atoms with Crippen molar-refractivity contribution in [3.8, 4) is 39.1 Å². The fourth-order valence-electron chi connectivity index (χ4n) is 9.89. The Kier molecular flexibility index (Phi) is 8.40. The third-order valence-electron chi connectivity index (χ3n) is 12.8. The highest BCUT2D eigenvalue weighted by atomic mass is 32.1. The van der Waals surface area contributed by atoms with E-state index in [0.29, 0.717) is 0 Å². The van der Waals surface area contributed by atoms with Crippen molar-refractivity contribution < 1.29 is 4.42 Å². The molecule has 13 rings (SSSR count). The molecule has 10 aromatic carbocycles. The molecule has 64 heavy (non-hydrogen) atoms. The number of thiophene rings is 1.